The number of nitrogens with zero attached hydrogens (tertiary/aromatic N) is 1. The maximum Gasteiger partial charge on any atom is 0.0452 e. The lowest BCUT2D eigenvalue weighted by molar-refractivity contribution is 0.368. The highest BCUT2D eigenvalue weighted by Crippen LogP contribution is 2.23. The van der Waals surface area contributed by atoms with Crippen LogP contribution in [0.4, 0.5) is 0 Å². The van der Waals surface area contributed by atoms with E-state index >= 15 is 0 Å². The van der Waals surface area contributed by atoms with Crippen molar-refractivity contribution in [3.8, 4) is 0 Å². The Bertz CT molecular complexity index is 206. The van der Waals surface area contributed by atoms with Gasteiger partial charge in [-0.05, 0) is 32.3 Å². The molecule has 1 aliphatic rings. The fraction of sp³-hybridized carbons (Fsp3) is 0.556. The quantitative estimate of drug-likeness (QED) is 0.593. The monoisotopic (exact) mass is 169 g/mol. The van der Waals surface area contributed by atoms with Crippen molar-refractivity contribution in [1.29, 1.82) is 0 Å². The molecule has 1 aliphatic heterocycles. The lowest BCUT2D eigenvalue weighted by atomic mass is 10.2. The Morgan fingerprint density at radius 1 is 1.55 bits per heavy atom. The van der Waals surface area contributed by atoms with Gasteiger partial charge in [-0.15, -0.1) is 11.8 Å². The third kappa shape index (κ3) is 1.80. The van der Waals surface area contributed by atoms with Crippen LogP contribution in [-0.4, -0.2) is 24.2 Å². The molecule has 0 aromatic heterocycles. The first-order chi connectivity index (χ1) is 5.15. The molecule has 0 aromatic carbocycles. The molecular weight excluding hydrogens is 154 g/mol. The summed E-state index contributed by atoms with van der Waals surface area (Å²) in [4.78, 5) is 3.66. The molecule has 0 radical (unpaired) electrons. The molecule has 1 nitrogen and oxygen atoms in total. The van der Waals surface area contributed by atoms with Gasteiger partial charge in [0, 0.05) is 23.7 Å². The minimum absolute atomic E-state index is 0.544. The van der Waals surface area contributed by atoms with Gasteiger partial charge < -0.3 is 4.90 Å². The predicted molar refractivity (Wildman–Crippen MR) is 52.6 cm³/mol. The van der Waals surface area contributed by atoms with Crippen LogP contribution >= 0.6 is 11.8 Å². The van der Waals surface area contributed by atoms with Crippen molar-refractivity contribution in [3.63, 3.8) is 0 Å². The van der Waals surface area contributed by atoms with E-state index in [-0.39, 0.29) is 0 Å². The average molecular weight is 169 g/mol. The van der Waals surface area contributed by atoms with E-state index in [4.69, 9.17) is 0 Å². The predicted octanol–water partition coefficient (Wildman–Crippen LogP) is 2.47. The fourth-order valence-corrected chi connectivity index (χ4v) is 1.77. The summed E-state index contributed by atoms with van der Waals surface area (Å²) < 4.78 is 0. The van der Waals surface area contributed by atoms with E-state index in [0.29, 0.717) is 6.04 Å². The Balaban J connectivity index is 2.82. The summed E-state index contributed by atoms with van der Waals surface area (Å²) in [6, 6.07) is 0.544. The number of hydrogen-bond acceptors (Lipinski definition) is 2. The maximum atomic E-state index is 2.29. The molecule has 1 heterocycles. The van der Waals surface area contributed by atoms with Gasteiger partial charge in [-0.2, -0.15) is 0 Å². The van der Waals surface area contributed by atoms with Gasteiger partial charge in [0.1, 0.15) is 0 Å². The summed E-state index contributed by atoms with van der Waals surface area (Å²) in [7, 11) is 2.13. The van der Waals surface area contributed by atoms with Crippen molar-refractivity contribution in [2.45, 2.75) is 19.9 Å². The molecule has 1 unspecified atom stereocenters. The van der Waals surface area contributed by atoms with Crippen molar-refractivity contribution < 1.29 is 0 Å². The molecule has 0 aromatic rings. The van der Waals surface area contributed by atoms with Crippen molar-refractivity contribution >= 4 is 11.8 Å². The van der Waals surface area contributed by atoms with Crippen LogP contribution in [0.2, 0.25) is 0 Å². The average Bonchev–Trinajstić information content (AvgIpc) is 1.99. The Labute approximate surface area is 73.2 Å². The Hall–Kier alpha value is -0.370. The molecule has 62 valence electrons. The highest BCUT2D eigenvalue weighted by molar-refractivity contribution is 8.02. The van der Waals surface area contributed by atoms with Crippen LogP contribution in [0.1, 0.15) is 13.8 Å². The smallest absolute Gasteiger partial charge is 0.0452 e. The minimum Gasteiger partial charge on any atom is -0.372 e. The molecule has 0 aliphatic carbocycles. The van der Waals surface area contributed by atoms with Gasteiger partial charge in [0.15, 0.2) is 0 Å². The Kier molecular flexibility index (Phi) is 2.66. The van der Waals surface area contributed by atoms with Crippen LogP contribution in [0.5, 0.6) is 0 Å². The third-order valence-corrected chi connectivity index (χ3v) is 2.88. The minimum atomic E-state index is 0.544. The Morgan fingerprint density at radius 3 is 2.64 bits per heavy atom. The zero-order chi connectivity index (χ0) is 8.43. The summed E-state index contributed by atoms with van der Waals surface area (Å²) in [6.07, 6.45) is 6.63. The molecule has 0 bridgehead atoms. The van der Waals surface area contributed by atoms with Gasteiger partial charge in [0.05, 0.1) is 0 Å². The zero-order valence-corrected chi connectivity index (χ0v) is 8.40. The number of rotatable bonds is 1. The van der Waals surface area contributed by atoms with Crippen LogP contribution in [0.15, 0.2) is 22.8 Å². The van der Waals surface area contributed by atoms with Gasteiger partial charge in [-0.1, -0.05) is 0 Å². The molecule has 0 spiro atoms. The highest BCUT2D eigenvalue weighted by Gasteiger charge is 2.12. The van der Waals surface area contributed by atoms with Gasteiger partial charge in [0.25, 0.3) is 0 Å². The molecule has 0 N–H and O–H groups in total. The normalized spacial score (nSPS) is 24.7. The second-order valence-corrected chi connectivity index (χ2v) is 3.79. The highest BCUT2D eigenvalue weighted by atomic mass is 32.2. The molecule has 11 heavy (non-hydrogen) atoms. The van der Waals surface area contributed by atoms with E-state index in [9.17, 15) is 0 Å². The molecule has 0 fully saturated rings. The first-order valence-electron chi connectivity index (χ1n) is 3.82. The molecule has 1 atom stereocenters. The van der Waals surface area contributed by atoms with Crippen molar-refractivity contribution in [3.05, 3.63) is 22.8 Å². The lowest BCUT2D eigenvalue weighted by Crippen LogP contribution is -2.27. The van der Waals surface area contributed by atoms with E-state index in [1.165, 1.54) is 10.6 Å². The zero-order valence-electron chi connectivity index (χ0n) is 7.59. The van der Waals surface area contributed by atoms with Gasteiger partial charge in [-0.3, -0.25) is 0 Å². The number of allylic oxidation sites excluding steroid dienone is 2. The van der Waals surface area contributed by atoms with Crippen molar-refractivity contribution in [1.82, 2.24) is 4.90 Å². The summed E-state index contributed by atoms with van der Waals surface area (Å²) in [5.74, 6) is 0. The fourth-order valence-electron chi connectivity index (χ4n) is 1.15. The molecule has 0 saturated heterocycles. The van der Waals surface area contributed by atoms with Crippen LogP contribution in [-0.2, 0) is 0 Å². The van der Waals surface area contributed by atoms with Crippen molar-refractivity contribution in [2.75, 3.05) is 13.3 Å². The van der Waals surface area contributed by atoms with Crippen LogP contribution in [0.25, 0.3) is 0 Å². The largest absolute Gasteiger partial charge is 0.372 e. The van der Waals surface area contributed by atoms with Crippen LogP contribution in [0.3, 0.4) is 0 Å². The summed E-state index contributed by atoms with van der Waals surface area (Å²) in [5, 5.41) is 0. The molecule has 0 amide bonds. The first kappa shape index (κ1) is 8.72. The van der Waals surface area contributed by atoms with Crippen LogP contribution < -0.4 is 0 Å². The molecule has 1 rings (SSSR count). The molecular formula is C9H15NS. The second kappa shape index (κ2) is 3.35. The standard InChI is InChI=1S/C9H15NS/c1-7-5-9(11-4)6-8(2)10(7)3/h5-7H,1-4H3. The summed E-state index contributed by atoms with van der Waals surface area (Å²) >= 11 is 1.81. The first-order valence-corrected chi connectivity index (χ1v) is 5.04. The number of hydrogen-bond donors (Lipinski definition) is 0. The topological polar surface area (TPSA) is 3.24 Å². The van der Waals surface area contributed by atoms with E-state index in [2.05, 4.69) is 44.2 Å². The third-order valence-electron chi connectivity index (χ3n) is 2.16. The molecule has 0 saturated carbocycles. The number of likely N-dealkylation sites (N-methyl/N-ethyl adjacent to an activating group) is 1. The van der Waals surface area contributed by atoms with Gasteiger partial charge in [0.2, 0.25) is 0 Å². The molecule has 2 heteroatoms. The maximum absolute atomic E-state index is 2.29. The van der Waals surface area contributed by atoms with E-state index < -0.39 is 0 Å². The summed E-state index contributed by atoms with van der Waals surface area (Å²) in [6.45, 7) is 4.37. The summed E-state index contributed by atoms with van der Waals surface area (Å²) in [5.41, 5.74) is 1.35. The number of thioether (sulfide) groups is 1. The van der Waals surface area contributed by atoms with Gasteiger partial charge >= 0.3 is 0 Å². The van der Waals surface area contributed by atoms with Crippen LogP contribution in [0, 0.1) is 0 Å². The van der Waals surface area contributed by atoms with Crippen molar-refractivity contribution in [2.24, 2.45) is 0 Å². The Morgan fingerprint density at radius 2 is 2.18 bits per heavy atom. The SMILES string of the molecule is CSC1=CC(C)N(C)C(C)=C1. The van der Waals surface area contributed by atoms with E-state index in [1.807, 2.05) is 11.8 Å². The van der Waals surface area contributed by atoms with E-state index in [1.54, 1.807) is 0 Å². The second-order valence-electron chi connectivity index (χ2n) is 2.91. The lowest BCUT2D eigenvalue weighted by Gasteiger charge is -2.29. The van der Waals surface area contributed by atoms with E-state index in [0.717, 1.165) is 0 Å². The van der Waals surface area contributed by atoms with Gasteiger partial charge in [-0.25, -0.2) is 0 Å².